The quantitative estimate of drug-likeness (QED) is 0.784. The van der Waals surface area contributed by atoms with Crippen LogP contribution in [0.5, 0.6) is 0 Å². The minimum atomic E-state index is 0. The van der Waals surface area contributed by atoms with Crippen molar-refractivity contribution in [2.24, 2.45) is 0 Å². The van der Waals surface area contributed by atoms with Gasteiger partial charge in [-0.15, -0.1) is 24.8 Å². The van der Waals surface area contributed by atoms with E-state index < -0.39 is 0 Å². The molecule has 0 radical (unpaired) electrons. The lowest BCUT2D eigenvalue weighted by Gasteiger charge is -2.04. The lowest BCUT2D eigenvalue weighted by atomic mass is 10.2. The van der Waals surface area contributed by atoms with E-state index in [1.54, 1.807) is 0 Å². The van der Waals surface area contributed by atoms with Crippen molar-refractivity contribution < 1.29 is 0 Å². The summed E-state index contributed by atoms with van der Waals surface area (Å²) in [5, 5.41) is 6.53. The first kappa shape index (κ1) is 18.6. The minimum Gasteiger partial charge on any atom is -0.320 e. The average molecular weight is 330 g/mol. The van der Waals surface area contributed by atoms with Crippen molar-refractivity contribution in [3.8, 4) is 0 Å². The summed E-state index contributed by atoms with van der Waals surface area (Å²) >= 11 is 3.42. The molecule has 0 aliphatic rings. The van der Waals surface area contributed by atoms with Crippen LogP contribution in [-0.4, -0.2) is 20.1 Å². The molecule has 1 aromatic rings. The average Bonchev–Trinajstić information content (AvgIpc) is 2.21. The minimum absolute atomic E-state index is 0. The molecule has 0 unspecified atom stereocenters. The summed E-state index contributed by atoms with van der Waals surface area (Å²) in [6, 6.07) is 8.42. The Balaban J connectivity index is 0. The maximum absolute atomic E-state index is 3.42. The van der Waals surface area contributed by atoms with Gasteiger partial charge in [-0.1, -0.05) is 28.1 Å². The third-order valence-corrected chi connectivity index (χ3v) is 2.55. The van der Waals surface area contributed by atoms with Crippen LogP contribution in [0.3, 0.4) is 0 Å². The number of hydrogen-bond acceptors (Lipinski definition) is 2. The van der Waals surface area contributed by atoms with Crippen LogP contribution < -0.4 is 10.6 Å². The van der Waals surface area contributed by atoms with Crippen molar-refractivity contribution >= 4 is 40.7 Å². The SMILES string of the molecule is CNCCCNCc1ccc(Br)cc1.Cl.Cl. The molecular weight excluding hydrogens is 311 g/mol. The molecule has 5 heteroatoms. The number of nitrogens with one attached hydrogen (secondary N) is 2. The van der Waals surface area contributed by atoms with Gasteiger partial charge in [0.05, 0.1) is 0 Å². The second-order valence-electron chi connectivity index (χ2n) is 3.26. The molecule has 2 N–H and O–H groups in total. The van der Waals surface area contributed by atoms with Crippen LogP contribution in [0.4, 0.5) is 0 Å². The van der Waals surface area contributed by atoms with Gasteiger partial charge in [-0.05, 0) is 44.3 Å². The Bertz CT molecular complexity index is 255. The first-order chi connectivity index (χ1) is 6.83. The Morgan fingerprint density at radius 2 is 1.69 bits per heavy atom. The maximum atomic E-state index is 3.42. The molecule has 0 saturated carbocycles. The molecular formula is C11H19BrCl2N2. The van der Waals surface area contributed by atoms with Crippen LogP contribution >= 0.6 is 40.7 Å². The van der Waals surface area contributed by atoms with Crippen LogP contribution in [0, 0.1) is 0 Å². The largest absolute Gasteiger partial charge is 0.320 e. The van der Waals surface area contributed by atoms with Crippen molar-refractivity contribution in [2.75, 3.05) is 20.1 Å². The number of hydrogen-bond donors (Lipinski definition) is 2. The molecule has 0 aromatic heterocycles. The van der Waals surface area contributed by atoms with Gasteiger partial charge in [-0.2, -0.15) is 0 Å². The van der Waals surface area contributed by atoms with Crippen molar-refractivity contribution in [2.45, 2.75) is 13.0 Å². The van der Waals surface area contributed by atoms with E-state index in [0.717, 1.165) is 24.1 Å². The molecule has 0 amide bonds. The molecule has 0 bridgehead atoms. The Kier molecular flexibility index (Phi) is 13.5. The highest BCUT2D eigenvalue weighted by atomic mass is 79.9. The molecule has 2 nitrogen and oxygen atoms in total. The van der Waals surface area contributed by atoms with E-state index >= 15 is 0 Å². The van der Waals surface area contributed by atoms with Crippen molar-refractivity contribution in [1.82, 2.24) is 10.6 Å². The highest BCUT2D eigenvalue weighted by molar-refractivity contribution is 9.10. The summed E-state index contributed by atoms with van der Waals surface area (Å²) in [6.45, 7) is 3.10. The predicted molar refractivity (Wildman–Crippen MR) is 78.9 cm³/mol. The van der Waals surface area contributed by atoms with Crippen molar-refractivity contribution in [1.29, 1.82) is 0 Å². The van der Waals surface area contributed by atoms with Gasteiger partial charge >= 0.3 is 0 Å². The molecule has 1 rings (SSSR count). The van der Waals surface area contributed by atoms with Crippen LogP contribution in [0.15, 0.2) is 28.7 Å². The van der Waals surface area contributed by atoms with E-state index in [1.807, 2.05) is 7.05 Å². The van der Waals surface area contributed by atoms with Gasteiger partial charge in [-0.25, -0.2) is 0 Å². The fourth-order valence-electron chi connectivity index (χ4n) is 1.23. The van der Waals surface area contributed by atoms with Gasteiger partial charge < -0.3 is 10.6 Å². The van der Waals surface area contributed by atoms with E-state index in [1.165, 1.54) is 12.0 Å². The first-order valence-electron chi connectivity index (χ1n) is 4.92. The summed E-state index contributed by atoms with van der Waals surface area (Å²) in [4.78, 5) is 0. The zero-order valence-corrected chi connectivity index (χ0v) is 12.6. The van der Waals surface area contributed by atoms with E-state index in [4.69, 9.17) is 0 Å². The summed E-state index contributed by atoms with van der Waals surface area (Å²) in [5.74, 6) is 0. The number of rotatable bonds is 6. The monoisotopic (exact) mass is 328 g/mol. The van der Waals surface area contributed by atoms with Gasteiger partial charge in [0.2, 0.25) is 0 Å². The molecule has 0 atom stereocenters. The highest BCUT2D eigenvalue weighted by Gasteiger charge is 1.92. The van der Waals surface area contributed by atoms with Crippen molar-refractivity contribution in [3.63, 3.8) is 0 Å². The third kappa shape index (κ3) is 8.36. The van der Waals surface area contributed by atoms with Crippen LogP contribution in [0.2, 0.25) is 0 Å². The lowest BCUT2D eigenvalue weighted by molar-refractivity contribution is 0.625. The van der Waals surface area contributed by atoms with Crippen molar-refractivity contribution in [3.05, 3.63) is 34.3 Å². The Labute approximate surface area is 119 Å². The molecule has 0 saturated heterocycles. The van der Waals surface area contributed by atoms with E-state index in [0.29, 0.717) is 0 Å². The second-order valence-corrected chi connectivity index (χ2v) is 4.18. The Morgan fingerprint density at radius 3 is 2.25 bits per heavy atom. The normalized spacial score (nSPS) is 9.12. The highest BCUT2D eigenvalue weighted by Crippen LogP contribution is 2.09. The summed E-state index contributed by atoms with van der Waals surface area (Å²) in [5.41, 5.74) is 1.33. The fraction of sp³-hybridized carbons (Fsp3) is 0.455. The summed E-state index contributed by atoms with van der Waals surface area (Å²) in [7, 11) is 1.98. The van der Waals surface area contributed by atoms with Crippen LogP contribution in [0.25, 0.3) is 0 Å². The topological polar surface area (TPSA) is 24.1 Å². The van der Waals surface area contributed by atoms with Crippen LogP contribution in [-0.2, 0) is 6.54 Å². The predicted octanol–water partition coefficient (Wildman–Crippen LogP) is 2.99. The van der Waals surface area contributed by atoms with E-state index in [9.17, 15) is 0 Å². The Hall–Kier alpha value is 0.200. The smallest absolute Gasteiger partial charge is 0.0205 e. The molecule has 1 aromatic carbocycles. The second kappa shape index (κ2) is 11.7. The summed E-state index contributed by atoms with van der Waals surface area (Å²) in [6.07, 6.45) is 1.17. The molecule has 0 spiro atoms. The molecule has 94 valence electrons. The molecule has 0 fully saturated rings. The lowest BCUT2D eigenvalue weighted by Crippen LogP contribution is -2.19. The van der Waals surface area contributed by atoms with Gasteiger partial charge in [0.15, 0.2) is 0 Å². The summed E-state index contributed by atoms with van der Waals surface area (Å²) < 4.78 is 1.14. The first-order valence-corrected chi connectivity index (χ1v) is 5.72. The van der Waals surface area contributed by atoms with Gasteiger partial charge in [0.25, 0.3) is 0 Å². The molecule has 0 heterocycles. The Morgan fingerprint density at radius 1 is 1.06 bits per heavy atom. The zero-order chi connectivity index (χ0) is 10.2. The van der Waals surface area contributed by atoms with Crippen LogP contribution in [0.1, 0.15) is 12.0 Å². The number of benzene rings is 1. The molecule has 0 aliphatic heterocycles. The van der Waals surface area contributed by atoms with E-state index in [2.05, 4.69) is 50.8 Å². The van der Waals surface area contributed by atoms with Gasteiger partial charge in [0, 0.05) is 11.0 Å². The fourth-order valence-corrected chi connectivity index (χ4v) is 1.49. The maximum Gasteiger partial charge on any atom is 0.0205 e. The molecule has 0 aliphatic carbocycles. The number of halogens is 3. The third-order valence-electron chi connectivity index (χ3n) is 2.02. The zero-order valence-electron chi connectivity index (χ0n) is 9.33. The standard InChI is InChI=1S/C11H17BrN2.2ClH/c1-13-7-2-8-14-9-10-3-5-11(12)6-4-10;;/h3-6,13-14H,2,7-9H2,1H3;2*1H. The van der Waals surface area contributed by atoms with E-state index in [-0.39, 0.29) is 24.8 Å². The van der Waals surface area contributed by atoms with Gasteiger partial charge in [0.1, 0.15) is 0 Å². The van der Waals surface area contributed by atoms with Gasteiger partial charge in [-0.3, -0.25) is 0 Å². The molecule has 16 heavy (non-hydrogen) atoms.